The zero-order valence-electron chi connectivity index (χ0n) is 11.6. The van der Waals surface area contributed by atoms with Gasteiger partial charge in [-0.1, -0.05) is 18.1 Å². The first-order valence-electron chi connectivity index (χ1n) is 6.31. The molecule has 0 aliphatic heterocycles. The van der Waals surface area contributed by atoms with Crippen molar-refractivity contribution in [2.24, 2.45) is 0 Å². The second-order valence-corrected chi connectivity index (χ2v) is 4.72. The molecule has 2 aromatic rings. The predicted octanol–water partition coefficient (Wildman–Crippen LogP) is 2.16. The molecule has 1 heterocycles. The largest absolute Gasteiger partial charge is 0.481 e. The van der Waals surface area contributed by atoms with Crippen molar-refractivity contribution in [3.8, 4) is 12.3 Å². The molecule has 0 fully saturated rings. The highest BCUT2D eigenvalue weighted by atomic mass is 16.4. The summed E-state index contributed by atoms with van der Waals surface area (Å²) in [5, 5.41) is 13.3. The Morgan fingerprint density at radius 3 is 2.55 bits per heavy atom. The van der Waals surface area contributed by atoms with E-state index in [0.29, 0.717) is 6.54 Å². The lowest BCUT2D eigenvalue weighted by atomic mass is 10.1. The minimum absolute atomic E-state index is 0.00764. The van der Waals surface area contributed by atoms with E-state index in [2.05, 4.69) is 11.0 Å². The van der Waals surface area contributed by atoms with Crippen molar-refractivity contribution < 1.29 is 9.90 Å². The molecule has 4 heteroatoms. The van der Waals surface area contributed by atoms with Crippen LogP contribution in [0.2, 0.25) is 0 Å². The summed E-state index contributed by atoms with van der Waals surface area (Å²) in [4.78, 5) is 10.9. The number of aromatic nitrogens is 2. The summed E-state index contributed by atoms with van der Waals surface area (Å²) in [6.45, 7) is 4.34. The molecule has 0 amide bonds. The molecule has 1 N–H and O–H groups in total. The third-order valence-corrected chi connectivity index (χ3v) is 3.31. The number of terminal acetylenes is 1. The van der Waals surface area contributed by atoms with Gasteiger partial charge < -0.3 is 5.11 Å². The first kappa shape index (κ1) is 13.9. The topological polar surface area (TPSA) is 55.1 Å². The number of aliphatic carboxylic acids is 1. The average Bonchev–Trinajstić information content (AvgIpc) is 2.67. The number of benzene rings is 1. The van der Waals surface area contributed by atoms with Crippen LogP contribution in [0, 0.1) is 26.2 Å². The summed E-state index contributed by atoms with van der Waals surface area (Å²) in [6.07, 6.45) is 5.33. The first-order valence-corrected chi connectivity index (χ1v) is 6.31. The van der Waals surface area contributed by atoms with E-state index in [4.69, 9.17) is 11.5 Å². The second kappa shape index (κ2) is 5.62. The van der Waals surface area contributed by atoms with Gasteiger partial charge in [-0.25, -0.2) is 0 Å². The fourth-order valence-corrected chi connectivity index (χ4v) is 2.17. The van der Waals surface area contributed by atoms with Crippen molar-refractivity contribution in [1.82, 2.24) is 9.78 Å². The number of hydrogen-bond acceptors (Lipinski definition) is 2. The minimum atomic E-state index is -0.839. The van der Waals surface area contributed by atoms with E-state index in [1.165, 1.54) is 0 Å². The molecule has 0 aliphatic rings. The normalized spacial score (nSPS) is 10.2. The van der Waals surface area contributed by atoms with Crippen molar-refractivity contribution in [2.75, 3.05) is 0 Å². The van der Waals surface area contributed by atoms with Crippen molar-refractivity contribution in [2.45, 2.75) is 26.8 Å². The molecule has 20 heavy (non-hydrogen) atoms. The zero-order valence-corrected chi connectivity index (χ0v) is 11.6. The Balaban J connectivity index is 2.25. The molecule has 2 rings (SSSR count). The monoisotopic (exact) mass is 268 g/mol. The quantitative estimate of drug-likeness (QED) is 0.864. The molecule has 0 saturated heterocycles. The Morgan fingerprint density at radius 2 is 2.00 bits per heavy atom. The minimum Gasteiger partial charge on any atom is -0.481 e. The van der Waals surface area contributed by atoms with Crippen molar-refractivity contribution in [3.63, 3.8) is 0 Å². The van der Waals surface area contributed by atoms with Crippen LogP contribution in [0.15, 0.2) is 24.3 Å². The lowest BCUT2D eigenvalue weighted by Gasteiger charge is -2.05. The third kappa shape index (κ3) is 2.89. The van der Waals surface area contributed by atoms with Gasteiger partial charge in [0.05, 0.1) is 18.7 Å². The number of carboxylic acids is 1. The molecule has 0 radical (unpaired) electrons. The van der Waals surface area contributed by atoms with Crippen LogP contribution in [-0.4, -0.2) is 20.9 Å². The van der Waals surface area contributed by atoms with Gasteiger partial charge in [-0.15, -0.1) is 6.42 Å². The molecule has 1 aromatic heterocycles. The molecule has 0 unspecified atom stereocenters. The SMILES string of the molecule is C#Cc1ccc(Cn2nc(C)c(CC(=O)O)c2C)cc1. The Kier molecular flexibility index (Phi) is 3.90. The molecule has 0 saturated carbocycles. The first-order chi connectivity index (χ1) is 9.51. The molecule has 1 aromatic carbocycles. The summed E-state index contributed by atoms with van der Waals surface area (Å²) in [5.41, 5.74) is 4.37. The maximum atomic E-state index is 10.9. The molecule has 0 spiro atoms. The highest BCUT2D eigenvalue weighted by Crippen LogP contribution is 2.15. The van der Waals surface area contributed by atoms with Gasteiger partial charge in [0.2, 0.25) is 0 Å². The van der Waals surface area contributed by atoms with Gasteiger partial charge in [-0.2, -0.15) is 5.10 Å². The predicted molar refractivity (Wildman–Crippen MR) is 76.5 cm³/mol. The number of hydrogen-bond donors (Lipinski definition) is 1. The fraction of sp³-hybridized carbons (Fsp3) is 0.250. The molecule has 4 nitrogen and oxygen atoms in total. The van der Waals surface area contributed by atoms with E-state index in [9.17, 15) is 4.79 Å². The third-order valence-electron chi connectivity index (χ3n) is 3.31. The summed E-state index contributed by atoms with van der Waals surface area (Å²) in [5.74, 6) is 1.74. The van der Waals surface area contributed by atoms with Crippen molar-refractivity contribution in [1.29, 1.82) is 0 Å². The lowest BCUT2D eigenvalue weighted by molar-refractivity contribution is -0.136. The lowest BCUT2D eigenvalue weighted by Crippen LogP contribution is -2.06. The van der Waals surface area contributed by atoms with Gasteiger partial charge in [-0.3, -0.25) is 9.48 Å². The Labute approximate surface area is 118 Å². The van der Waals surface area contributed by atoms with Gasteiger partial charge in [0.1, 0.15) is 0 Å². The summed E-state index contributed by atoms with van der Waals surface area (Å²) in [7, 11) is 0. The molecule has 0 atom stereocenters. The van der Waals surface area contributed by atoms with E-state index in [-0.39, 0.29) is 6.42 Å². The fourth-order valence-electron chi connectivity index (χ4n) is 2.17. The standard InChI is InChI=1S/C16H16N2O2/c1-4-13-5-7-14(8-6-13)10-18-12(3)15(9-16(19)20)11(2)17-18/h1,5-8H,9-10H2,2-3H3,(H,19,20). The van der Waals surface area contributed by atoms with E-state index in [1.54, 1.807) is 0 Å². The highest BCUT2D eigenvalue weighted by Gasteiger charge is 2.14. The Bertz CT molecular complexity index is 676. The van der Waals surface area contributed by atoms with Crippen LogP contribution in [0.5, 0.6) is 0 Å². The van der Waals surface area contributed by atoms with Crippen molar-refractivity contribution >= 4 is 5.97 Å². The molecule has 102 valence electrons. The summed E-state index contributed by atoms with van der Waals surface area (Å²) >= 11 is 0. The summed E-state index contributed by atoms with van der Waals surface area (Å²) < 4.78 is 1.83. The molecular weight excluding hydrogens is 252 g/mol. The van der Waals surface area contributed by atoms with Gasteiger partial charge in [-0.05, 0) is 31.5 Å². The molecule has 0 aliphatic carbocycles. The van der Waals surface area contributed by atoms with Gasteiger partial charge in [0.25, 0.3) is 0 Å². The maximum absolute atomic E-state index is 10.9. The number of rotatable bonds is 4. The van der Waals surface area contributed by atoms with Crippen LogP contribution < -0.4 is 0 Å². The molecule has 0 bridgehead atoms. The van der Waals surface area contributed by atoms with Gasteiger partial charge in [0.15, 0.2) is 0 Å². The number of aryl methyl sites for hydroxylation is 1. The smallest absolute Gasteiger partial charge is 0.307 e. The second-order valence-electron chi connectivity index (χ2n) is 4.72. The van der Waals surface area contributed by atoms with Crippen LogP contribution in [0.4, 0.5) is 0 Å². The van der Waals surface area contributed by atoms with Crippen LogP contribution >= 0.6 is 0 Å². The van der Waals surface area contributed by atoms with Gasteiger partial charge >= 0.3 is 5.97 Å². The van der Waals surface area contributed by atoms with Crippen LogP contribution in [0.25, 0.3) is 0 Å². The van der Waals surface area contributed by atoms with Crippen molar-refractivity contribution in [3.05, 3.63) is 52.3 Å². The highest BCUT2D eigenvalue weighted by molar-refractivity contribution is 5.70. The van der Waals surface area contributed by atoms with Gasteiger partial charge in [0, 0.05) is 16.8 Å². The summed E-state index contributed by atoms with van der Waals surface area (Å²) in [6, 6.07) is 7.70. The van der Waals surface area contributed by atoms with Crippen LogP contribution in [0.1, 0.15) is 28.1 Å². The number of carboxylic acid groups (broad SMARTS) is 1. The van der Waals surface area contributed by atoms with Crippen LogP contribution in [-0.2, 0) is 17.8 Å². The number of nitrogens with zero attached hydrogens (tertiary/aromatic N) is 2. The van der Waals surface area contributed by atoms with Crippen LogP contribution in [0.3, 0.4) is 0 Å². The van der Waals surface area contributed by atoms with E-state index in [1.807, 2.05) is 42.8 Å². The number of carbonyl (C=O) groups is 1. The zero-order chi connectivity index (χ0) is 14.7. The van der Waals surface area contributed by atoms with E-state index < -0.39 is 5.97 Å². The maximum Gasteiger partial charge on any atom is 0.307 e. The average molecular weight is 268 g/mol. The Morgan fingerprint density at radius 1 is 1.35 bits per heavy atom. The van der Waals surface area contributed by atoms with E-state index >= 15 is 0 Å². The van der Waals surface area contributed by atoms with E-state index in [0.717, 1.165) is 28.1 Å². The molecular formula is C16H16N2O2. The Hall–Kier alpha value is -2.54.